The first-order valence-electron chi connectivity index (χ1n) is 3.10. The van der Waals surface area contributed by atoms with Gasteiger partial charge in [0.25, 0.3) is 5.91 Å². The predicted octanol–water partition coefficient (Wildman–Crippen LogP) is -1.14. The summed E-state index contributed by atoms with van der Waals surface area (Å²) in [6.45, 7) is 0.624. The maximum absolute atomic E-state index is 10.7. The molecule has 3 N–H and O–H groups in total. The van der Waals surface area contributed by atoms with E-state index in [1.165, 1.54) is 5.48 Å². The fraction of sp³-hybridized carbons (Fsp3) is 0.400. The van der Waals surface area contributed by atoms with Crippen LogP contribution in [0.4, 0.5) is 0 Å². The number of hydrogen-bond acceptors (Lipinski definition) is 6. The summed E-state index contributed by atoms with van der Waals surface area (Å²) in [4.78, 5) is 29.0. The van der Waals surface area contributed by atoms with Gasteiger partial charge in [0.1, 0.15) is 0 Å². The third-order valence-electron chi connectivity index (χ3n) is 0.721. The first kappa shape index (κ1) is 11.8. The van der Waals surface area contributed by atoms with Gasteiger partial charge in [-0.15, -0.1) is 0 Å². The van der Waals surface area contributed by atoms with E-state index >= 15 is 0 Å². The van der Waals surface area contributed by atoms with Crippen molar-refractivity contribution in [2.45, 2.75) is 6.92 Å². The molecule has 74 valence electrons. The molecule has 0 aromatic heterocycles. The van der Waals surface area contributed by atoms with Crippen LogP contribution in [0.25, 0.3) is 0 Å². The molecule has 0 saturated carbocycles. The van der Waals surface area contributed by atoms with E-state index in [4.69, 9.17) is 5.21 Å². The van der Waals surface area contributed by atoms with Gasteiger partial charge in [-0.3, -0.25) is 20.2 Å². The average Bonchev–Trinajstić information content (AvgIpc) is 2.03. The Hall–Kier alpha value is -1.25. The number of thiocarbonyl (C=S) groups is 1. The number of hydrogen-bond donors (Lipinski definition) is 3. The number of amides is 1. The van der Waals surface area contributed by atoms with Crippen LogP contribution in [0.1, 0.15) is 6.92 Å². The summed E-state index contributed by atoms with van der Waals surface area (Å²) < 4.78 is 0. The van der Waals surface area contributed by atoms with Crippen LogP contribution in [0, 0.1) is 0 Å². The van der Waals surface area contributed by atoms with Crippen LogP contribution in [0.2, 0.25) is 0 Å². The molecule has 13 heavy (non-hydrogen) atoms. The Morgan fingerprint density at radius 1 is 1.54 bits per heavy atom. The number of nitrogens with one attached hydrogen (secondary N) is 2. The lowest BCUT2D eigenvalue weighted by Crippen LogP contribution is -2.39. The van der Waals surface area contributed by atoms with E-state index in [0.29, 0.717) is 0 Å². The van der Waals surface area contributed by atoms with E-state index in [1.54, 1.807) is 0 Å². The van der Waals surface area contributed by atoms with Crippen LogP contribution in [0.3, 0.4) is 0 Å². The second-order valence-corrected chi connectivity index (χ2v) is 2.23. The fourth-order valence-corrected chi connectivity index (χ4v) is 0.470. The van der Waals surface area contributed by atoms with E-state index < -0.39 is 18.5 Å². The van der Waals surface area contributed by atoms with Crippen molar-refractivity contribution in [3.8, 4) is 0 Å². The summed E-state index contributed by atoms with van der Waals surface area (Å²) in [7, 11) is 0. The van der Waals surface area contributed by atoms with Gasteiger partial charge >= 0.3 is 5.97 Å². The van der Waals surface area contributed by atoms with Crippen LogP contribution in [-0.4, -0.2) is 28.8 Å². The minimum Gasteiger partial charge on any atom is -0.299 e. The Morgan fingerprint density at radius 2 is 2.15 bits per heavy atom. The minimum atomic E-state index is -0.671. The van der Waals surface area contributed by atoms with Crippen LogP contribution in [0.5, 0.6) is 0 Å². The molecule has 8 heteroatoms. The van der Waals surface area contributed by atoms with Gasteiger partial charge in [-0.25, -0.2) is 10.3 Å². The average molecular weight is 208 g/mol. The molecule has 0 aromatic carbocycles. The zero-order chi connectivity index (χ0) is 10.3. The monoisotopic (exact) mass is 208 g/mol. The summed E-state index contributed by atoms with van der Waals surface area (Å²) in [6, 6.07) is 0. The van der Waals surface area contributed by atoms with Gasteiger partial charge in [0.05, 0.1) is 0 Å². The Labute approximate surface area is 78.9 Å². The molecule has 0 aliphatic rings. The molecule has 0 radical (unpaired) electrons. The molecule has 0 spiro atoms. The summed E-state index contributed by atoms with van der Waals surface area (Å²) in [5.74, 6) is -1.33. The summed E-state index contributed by atoms with van der Waals surface area (Å²) >= 11 is 4.38. The SMILES string of the molecule is CC(=O)OOCC(=O)NC(=S)NO. The smallest absolute Gasteiger partial charge is 0.299 e. The topological polar surface area (TPSA) is 96.9 Å². The quantitative estimate of drug-likeness (QED) is 0.306. The van der Waals surface area contributed by atoms with Crippen LogP contribution in [-0.2, 0) is 19.4 Å². The Morgan fingerprint density at radius 3 is 2.62 bits per heavy atom. The molecule has 0 heterocycles. The van der Waals surface area contributed by atoms with Gasteiger partial charge in [-0.1, -0.05) is 0 Å². The molecule has 0 aromatic rings. The molecule has 1 amide bonds. The normalized spacial score (nSPS) is 8.77. The molecule has 0 aliphatic carbocycles. The molecule has 0 unspecified atom stereocenters. The number of rotatable bonds is 3. The molecule has 0 aliphatic heterocycles. The predicted molar refractivity (Wildman–Crippen MR) is 43.4 cm³/mol. The van der Waals surface area contributed by atoms with Crippen molar-refractivity contribution in [2.24, 2.45) is 0 Å². The maximum atomic E-state index is 10.7. The molecule has 0 fully saturated rings. The van der Waals surface area contributed by atoms with E-state index in [2.05, 4.69) is 22.0 Å². The molecular weight excluding hydrogens is 200 g/mol. The summed E-state index contributed by atoms with van der Waals surface area (Å²) in [5, 5.41) is 9.92. The molecule has 0 bridgehead atoms. The zero-order valence-corrected chi connectivity index (χ0v) is 7.51. The largest absolute Gasteiger partial charge is 0.339 e. The van der Waals surface area contributed by atoms with Crippen LogP contribution >= 0.6 is 12.2 Å². The van der Waals surface area contributed by atoms with Gasteiger partial charge in [-0.05, 0) is 12.2 Å². The third-order valence-corrected chi connectivity index (χ3v) is 0.914. The minimum absolute atomic E-state index is 0.267. The lowest BCUT2D eigenvalue weighted by Gasteiger charge is -2.03. The van der Waals surface area contributed by atoms with Crippen LogP contribution in [0.15, 0.2) is 0 Å². The maximum Gasteiger partial charge on any atom is 0.339 e. The Kier molecular flexibility index (Phi) is 5.68. The van der Waals surface area contributed by atoms with Gasteiger partial charge in [0, 0.05) is 6.92 Å². The van der Waals surface area contributed by atoms with Gasteiger partial charge < -0.3 is 0 Å². The molecular formula is C5H8N2O5S. The van der Waals surface area contributed by atoms with Crippen molar-refractivity contribution in [2.75, 3.05) is 6.61 Å². The first-order chi connectivity index (χ1) is 6.06. The van der Waals surface area contributed by atoms with Crippen molar-refractivity contribution in [3.63, 3.8) is 0 Å². The van der Waals surface area contributed by atoms with Gasteiger partial charge in [0.2, 0.25) is 0 Å². The van der Waals surface area contributed by atoms with E-state index in [-0.39, 0.29) is 5.11 Å². The highest BCUT2D eigenvalue weighted by atomic mass is 32.1. The third kappa shape index (κ3) is 7.12. The number of hydroxylamine groups is 1. The molecule has 7 nitrogen and oxygen atoms in total. The first-order valence-corrected chi connectivity index (χ1v) is 3.51. The van der Waals surface area contributed by atoms with Crippen molar-refractivity contribution < 1.29 is 24.6 Å². The van der Waals surface area contributed by atoms with Crippen molar-refractivity contribution in [3.05, 3.63) is 0 Å². The number of carbonyl (C=O) groups excluding carboxylic acids is 2. The van der Waals surface area contributed by atoms with Crippen LogP contribution < -0.4 is 10.8 Å². The molecule has 0 saturated heterocycles. The second kappa shape index (κ2) is 6.29. The molecule has 0 atom stereocenters. The summed E-state index contributed by atoms with van der Waals surface area (Å²) in [5.41, 5.74) is 1.53. The number of carbonyl (C=O) groups is 2. The van der Waals surface area contributed by atoms with E-state index in [1.807, 2.05) is 5.32 Å². The zero-order valence-electron chi connectivity index (χ0n) is 6.70. The lowest BCUT2D eigenvalue weighted by molar-refractivity contribution is -0.266. The summed E-state index contributed by atoms with van der Waals surface area (Å²) in [6.07, 6.45) is 0. The van der Waals surface area contributed by atoms with Crippen molar-refractivity contribution in [1.82, 2.24) is 10.8 Å². The highest BCUT2D eigenvalue weighted by Crippen LogP contribution is 1.79. The highest BCUT2D eigenvalue weighted by Gasteiger charge is 2.05. The molecule has 0 rings (SSSR count). The highest BCUT2D eigenvalue weighted by molar-refractivity contribution is 7.80. The van der Waals surface area contributed by atoms with E-state index in [9.17, 15) is 9.59 Å². The Balaban J connectivity index is 3.52. The van der Waals surface area contributed by atoms with Crippen molar-refractivity contribution >= 4 is 29.2 Å². The van der Waals surface area contributed by atoms with Gasteiger partial charge in [-0.2, -0.15) is 4.89 Å². The fourth-order valence-electron chi connectivity index (χ4n) is 0.357. The standard InChI is InChI=1S/C5H8N2O5S/c1-3(8)12-11-2-4(9)6-5(13)7-10/h10H,2H2,1H3,(H2,6,7,9,13). The second-order valence-electron chi connectivity index (χ2n) is 1.83. The van der Waals surface area contributed by atoms with E-state index in [0.717, 1.165) is 6.92 Å². The van der Waals surface area contributed by atoms with Gasteiger partial charge in [0.15, 0.2) is 11.7 Å². The Bertz CT molecular complexity index is 219. The lowest BCUT2D eigenvalue weighted by atomic mass is 10.6. The van der Waals surface area contributed by atoms with Crippen molar-refractivity contribution in [1.29, 1.82) is 0 Å².